The van der Waals surface area contributed by atoms with Gasteiger partial charge in [0.25, 0.3) is 0 Å². The summed E-state index contributed by atoms with van der Waals surface area (Å²) in [6.45, 7) is 0.0753. The molecule has 0 N–H and O–H groups in total. The van der Waals surface area contributed by atoms with E-state index in [4.69, 9.17) is 28.4 Å². The Labute approximate surface area is 202 Å². The zero-order valence-electron chi connectivity index (χ0n) is 19.7. The fourth-order valence-corrected chi connectivity index (χ4v) is 3.68. The van der Waals surface area contributed by atoms with Crippen LogP contribution in [-0.4, -0.2) is 46.8 Å². The smallest absolute Gasteiger partial charge is 0.231 e. The van der Waals surface area contributed by atoms with E-state index in [2.05, 4.69) is 0 Å². The van der Waals surface area contributed by atoms with Crippen molar-refractivity contribution in [2.75, 3.05) is 35.2 Å². The third kappa shape index (κ3) is 4.77. The van der Waals surface area contributed by atoms with Crippen LogP contribution in [0.4, 0.5) is 0 Å². The van der Waals surface area contributed by atoms with Gasteiger partial charge in [-0.25, -0.2) is 0 Å². The average Bonchev–Trinajstić information content (AvgIpc) is 3.38. The number of methoxy groups -OCH3 is 4. The maximum atomic E-state index is 13.6. The van der Waals surface area contributed by atoms with Gasteiger partial charge < -0.3 is 28.4 Å². The highest BCUT2D eigenvalue weighted by atomic mass is 16.7. The second kappa shape index (κ2) is 10.2. The molecule has 0 unspecified atom stereocenters. The van der Waals surface area contributed by atoms with Crippen molar-refractivity contribution in [1.82, 2.24) is 0 Å². The molecule has 3 aromatic rings. The lowest BCUT2D eigenvalue weighted by atomic mass is 9.93. The predicted octanol–water partition coefficient (Wildman–Crippen LogP) is 4.60. The van der Waals surface area contributed by atoms with Crippen LogP contribution in [0.2, 0.25) is 0 Å². The van der Waals surface area contributed by atoms with Gasteiger partial charge >= 0.3 is 0 Å². The van der Waals surface area contributed by atoms with Crippen LogP contribution in [0.15, 0.2) is 60.2 Å². The molecule has 1 aliphatic rings. The first kappa shape index (κ1) is 23.7. The fourth-order valence-electron chi connectivity index (χ4n) is 3.68. The number of ketones is 2. The van der Waals surface area contributed by atoms with Gasteiger partial charge in [0.15, 0.2) is 34.6 Å². The van der Waals surface area contributed by atoms with Gasteiger partial charge in [0.1, 0.15) is 5.75 Å². The quantitative estimate of drug-likeness (QED) is 0.192. The molecule has 0 aromatic heterocycles. The van der Waals surface area contributed by atoms with Crippen molar-refractivity contribution in [1.29, 1.82) is 0 Å². The first-order chi connectivity index (χ1) is 17.0. The van der Waals surface area contributed by atoms with Crippen molar-refractivity contribution < 1.29 is 38.0 Å². The largest absolute Gasteiger partial charge is 0.497 e. The summed E-state index contributed by atoms with van der Waals surface area (Å²) in [4.78, 5) is 27.2. The molecule has 0 aliphatic carbocycles. The molecule has 0 saturated heterocycles. The van der Waals surface area contributed by atoms with Crippen molar-refractivity contribution in [3.63, 3.8) is 0 Å². The van der Waals surface area contributed by atoms with Gasteiger partial charge in [0.05, 0.1) is 34.0 Å². The van der Waals surface area contributed by atoms with Gasteiger partial charge in [0, 0.05) is 11.1 Å². The maximum absolute atomic E-state index is 13.6. The number of benzene rings is 3. The average molecular weight is 476 g/mol. The molecule has 0 fully saturated rings. The fraction of sp³-hybridized carbons (Fsp3) is 0.185. The molecule has 0 radical (unpaired) electrons. The lowest BCUT2D eigenvalue weighted by Crippen LogP contribution is -2.14. The van der Waals surface area contributed by atoms with Crippen LogP contribution < -0.4 is 28.4 Å². The Kier molecular flexibility index (Phi) is 6.91. The normalized spacial score (nSPS) is 12.2. The van der Waals surface area contributed by atoms with Crippen LogP contribution in [0.5, 0.6) is 34.5 Å². The first-order valence-electron chi connectivity index (χ1n) is 10.6. The number of hydrogen-bond acceptors (Lipinski definition) is 8. The van der Waals surface area contributed by atoms with E-state index < -0.39 is 11.6 Å². The number of fused-ring (bicyclic) bond motifs is 1. The maximum Gasteiger partial charge on any atom is 0.231 e. The Hall–Kier alpha value is -4.46. The summed E-state index contributed by atoms with van der Waals surface area (Å²) in [5.41, 5.74) is 1.09. The van der Waals surface area contributed by atoms with Crippen LogP contribution in [0.25, 0.3) is 6.08 Å². The number of Topliss-reactive ketones (excluding diaryl/α,β-unsaturated/α-hetero) is 2. The lowest BCUT2D eigenvalue weighted by Gasteiger charge is -2.14. The second-order valence-corrected chi connectivity index (χ2v) is 7.47. The van der Waals surface area contributed by atoms with Gasteiger partial charge in [-0.3, -0.25) is 9.59 Å². The lowest BCUT2D eigenvalue weighted by molar-refractivity contribution is 0.0964. The minimum atomic E-state index is -0.474. The van der Waals surface area contributed by atoms with E-state index in [9.17, 15) is 9.59 Å². The molecule has 0 amide bonds. The minimum absolute atomic E-state index is 0.0525. The summed E-state index contributed by atoms with van der Waals surface area (Å²) in [6, 6.07) is 14.7. The van der Waals surface area contributed by atoms with Gasteiger partial charge in [-0.2, -0.15) is 0 Å². The third-order valence-electron chi connectivity index (χ3n) is 5.47. The number of ether oxygens (including phenoxy) is 6. The van der Waals surface area contributed by atoms with Gasteiger partial charge in [-0.05, 0) is 66.2 Å². The van der Waals surface area contributed by atoms with E-state index in [0.29, 0.717) is 45.6 Å². The Bertz CT molecular complexity index is 1270. The SMILES string of the molecule is COc1ccc(C(=O)/C(=C/c2cc(OC)c(OC)c(OC)c2)C(=O)c2ccc3c(c2)OCO3)cc1. The Morgan fingerprint density at radius 2 is 1.31 bits per heavy atom. The van der Waals surface area contributed by atoms with Crippen molar-refractivity contribution in [2.24, 2.45) is 0 Å². The van der Waals surface area contributed by atoms with Gasteiger partial charge in [0.2, 0.25) is 12.5 Å². The van der Waals surface area contributed by atoms with E-state index in [0.717, 1.165) is 0 Å². The van der Waals surface area contributed by atoms with Crippen molar-refractivity contribution in [3.8, 4) is 34.5 Å². The molecule has 1 aliphatic heterocycles. The number of carbonyl (C=O) groups excluding carboxylic acids is 2. The summed E-state index contributed by atoms with van der Waals surface area (Å²) in [5.74, 6) is 1.84. The summed E-state index contributed by atoms with van der Waals surface area (Å²) in [5, 5.41) is 0. The van der Waals surface area contributed by atoms with Gasteiger partial charge in [-0.15, -0.1) is 0 Å². The Morgan fingerprint density at radius 1 is 0.714 bits per heavy atom. The molecular formula is C27H24O8. The predicted molar refractivity (Wildman–Crippen MR) is 128 cm³/mol. The van der Waals surface area contributed by atoms with Crippen LogP contribution >= 0.6 is 0 Å². The van der Waals surface area contributed by atoms with E-state index >= 15 is 0 Å². The first-order valence-corrected chi connectivity index (χ1v) is 10.6. The number of allylic oxidation sites excluding steroid dienone is 1. The molecule has 1 heterocycles. The van der Waals surface area contributed by atoms with Crippen LogP contribution in [-0.2, 0) is 0 Å². The highest BCUT2D eigenvalue weighted by molar-refractivity contribution is 6.33. The number of carbonyl (C=O) groups is 2. The summed E-state index contributed by atoms with van der Waals surface area (Å²) < 4.78 is 32.1. The van der Waals surface area contributed by atoms with Crippen molar-refractivity contribution >= 4 is 17.6 Å². The molecule has 4 rings (SSSR count). The number of hydrogen-bond donors (Lipinski definition) is 0. The van der Waals surface area contributed by atoms with Gasteiger partial charge in [-0.1, -0.05) is 0 Å². The van der Waals surface area contributed by atoms with Crippen molar-refractivity contribution in [3.05, 3.63) is 76.9 Å². The van der Waals surface area contributed by atoms with E-state index in [-0.39, 0.29) is 17.9 Å². The molecule has 8 heteroatoms. The minimum Gasteiger partial charge on any atom is -0.497 e. The van der Waals surface area contributed by atoms with Crippen LogP contribution in [0.3, 0.4) is 0 Å². The summed E-state index contributed by atoms with van der Waals surface area (Å²) in [7, 11) is 6.02. The topological polar surface area (TPSA) is 89.5 Å². The van der Waals surface area contributed by atoms with E-state index in [1.165, 1.54) is 34.5 Å². The van der Waals surface area contributed by atoms with E-state index in [1.54, 1.807) is 54.6 Å². The molecule has 180 valence electrons. The molecular weight excluding hydrogens is 452 g/mol. The van der Waals surface area contributed by atoms with Crippen LogP contribution in [0.1, 0.15) is 26.3 Å². The zero-order valence-corrected chi connectivity index (χ0v) is 19.7. The molecule has 0 spiro atoms. The molecule has 35 heavy (non-hydrogen) atoms. The zero-order chi connectivity index (χ0) is 24.9. The van der Waals surface area contributed by atoms with Crippen molar-refractivity contribution in [2.45, 2.75) is 0 Å². The molecule has 8 nitrogen and oxygen atoms in total. The molecule has 0 saturated carbocycles. The monoisotopic (exact) mass is 476 g/mol. The Balaban J connectivity index is 1.83. The Morgan fingerprint density at radius 3 is 1.91 bits per heavy atom. The molecule has 0 atom stereocenters. The van der Waals surface area contributed by atoms with Crippen LogP contribution in [0, 0.1) is 0 Å². The molecule has 0 bridgehead atoms. The highest BCUT2D eigenvalue weighted by Crippen LogP contribution is 2.39. The van der Waals surface area contributed by atoms with E-state index in [1.807, 2.05) is 0 Å². The molecule has 3 aromatic carbocycles. The number of rotatable bonds is 9. The summed E-state index contributed by atoms with van der Waals surface area (Å²) >= 11 is 0. The summed E-state index contributed by atoms with van der Waals surface area (Å²) in [6.07, 6.45) is 1.50. The second-order valence-electron chi connectivity index (χ2n) is 7.47. The highest BCUT2D eigenvalue weighted by Gasteiger charge is 2.25. The standard InChI is InChI=1S/C27H24O8/c1-30-19-8-5-17(6-9-19)25(28)20(26(29)18-7-10-21-22(14-18)35-15-34-21)11-16-12-23(31-2)27(33-4)24(13-16)32-3/h5-14H,15H2,1-4H3/b20-11-. The third-order valence-corrected chi connectivity index (χ3v) is 5.47.